The third-order valence-electron chi connectivity index (χ3n) is 3.45. The number of methoxy groups -OCH3 is 1. The van der Waals surface area contributed by atoms with Crippen LogP contribution in [0.3, 0.4) is 0 Å². The number of ether oxygens (including phenoxy) is 1. The molecule has 1 aliphatic carbocycles. The molecule has 1 aliphatic rings. The monoisotopic (exact) mass is 290 g/mol. The summed E-state index contributed by atoms with van der Waals surface area (Å²) in [6, 6.07) is 1.69. The number of carbonyl (C=O) groups is 1. The normalized spacial score (nSPS) is 13.9. The molecule has 0 bridgehead atoms. The summed E-state index contributed by atoms with van der Waals surface area (Å²) in [7, 11) is 1.33. The average molecular weight is 290 g/mol. The Labute approximate surface area is 123 Å². The van der Waals surface area contributed by atoms with E-state index in [1.54, 1.807) is 6.07 Å². The van der Waals surface area contributed by atoms with Gasteiger partial charge in [-0.1, -0.05) is 31.2 Å². The predicted molar refractivity (Wildman–Crippen MR) is 81.6 cm³/mol. The standard InChI is InChI=1S/C16H18O3S/c1-4-11-12(10-7-5-6-8-10)9-13(17)14(15(11)20-3)16(18)19-2/h5-10,17H,4H2,1-3H3. The lowest BCUT2D eigenvalue weighted by atomic mass is 9.91. The van der Waals surface area contributed by atoms with E-state index in [-0.39, 0.29) is 17.2 Å². The van der Waals surface area contributed by atoms with Gasteiger partial charge in [-0.2, -0.15) is 0 Å². The first-order valence-corrected chi connectivity index (χ1v) is 7.72. The van der Waals surface area contributed by atoms with Gasteiger partial charge in [0.2, 0.25) is 0 Å². The third kappa shape index (κ3) is 2.48. The molecule has 0 aromatic heterocycles. The second-order valence-electron chi connectivity index (χ2n) is 4.51. The quantitative estimate of drug-likeness (QED) is 0.679. The topological polar surface area (TPSA) is 46.5 Å². The highest BCUT2D eigenvalue weighted by atomic mass is 32.2. The molecule has 0 radical (unpaired) electrons. The van der Waals surface area contributed by atoms with E-state index in [2.05, 4.69) is 19.1 Å². The van der Waals surface area contributed by atoms with Crippen molar-refractivity contribution in [3.63, 3.8) is 0 Å². The van der Waals surface area contributed by atoms with E-state index in [4.69, 9.17) is 4.74 Å². The Morgan fingerprint density at radius 1 is 1.40 bits per heavy atom. The van der Waals surface area contributed by atoms with Gasteiger partial charge >= 0.3 is 5.97 Å². The summed E-state index contributed by atoms with van der Waals surface area (Å²) < 4.78 is 4.78. The summed E-state index contributed by atoms with van der Waals surface area (Å²) in [5, 5.41) is 10.2. The Balaban J connectivity index is 2.67. The molecule has 1 aromatic carbocycles. The second-order valence-corrected chi connectivity index (χ2v) is 5.33. The molecule has 3 nitrogen and oxygen atoms in total. The zero-order valence-electron chi connectivity index (χ0n) is 11.8. The molecule has 1 aromatic rings. The Morgan fingerprint density at radius 3 is 2.55 bits per heavy atom. The number of hydrogen-bond acceptors (Lipinski definition) is 4. The minimum atomic E-state index is -0.495. The number of carbonyl (C=O) groups excluding carboxylic acids is 1. The minimum Gasteiger partial charge on any atom is -0.507 e. The molecule has 0 spiro atoms. The zero-order valence-corrected chi connectivity index (χ0v) is 12.7. The summed E-state index contributed by atoms with van der Waals surface area (Å²) in [4.78, 5) is 12.7. The van der Waals surface area contributed by atoms with Crippen LogP contribution >= 0.6 is 11.8 Å². The minimum absolute atomic E-state index is 0.0119. The Morgan fingerprint density at radius 2 is 2.05 bits per heavy atom. The zero-order chi connectivity index (χ0) is 14.7. The fourth-order valence-electron chi connectivity index (χ4n) is 2.53. The summed E-state index contributed by atoms with van der Waals surface area (Å²) in [5.41, 5.74) is 2.41. The highest BCUT2D eigenvalue weighted by Crippen LogP contribution is 2.39. The van der Waals surface area contributed by atoms with Crippen LogP contribution in [0.25, 0.3) is 0 Å². The van der Waals surface area contributed by atoms with E-state index in [1.807, 2.05) is 18.4 Å². The van der Waals surface area contributed by atoms with Gasteiger partial charge in [0.25, 0.3) is 0 Å². The molecule has 0 fully saturated rings. The molecular formula is C16H18O3S. The molecule has 2 rings (SSSR count). The van der Waals surface area contributed by atoms with Crippen molar-refractivity contribution in [2.24, 2.45) is 0 Å². The van der Waals surface area contributed by atoms with Crippen LogP contribution in [0.5, 0.6) is 5.75 Å². The van der Waals surface area contributed by atoms with Gasteiger partial charge in [-0.3, -0.25) is 0 Å². The van der Waals surface area contributed by atoms with E-state index >= 15 is 0 Å². The number of aromatic hydroxyl groups is 1. The Bertz CT molecular complexity index is 576. The third-order valence-corrected chi connectivity index (χ3v) is 4.31. The van der Waals surface area contributed by atoms with E-state index in [0.717, 1.165) is 22.4 Å². The van der Waals surface area contributed by atoms with Gasteiger partial charge in [-0.15, -0.1) is 11.8 Å². The van der Waals surface area contributed by atoms with Gasteiger partial charge < -0.3 is 9.84 Å². The van der Waals surface area contributed by atoms with Crippen molar-refractivity contribution in [2.45, 2.75) is 24.2 Å². The van der Waals surface area contributed by atoms with E-state index in [1.165, 1.54) is 18.9 Å². The number of hydrogen-bond donors (Lipinski definition) is 1. The molecule has 0 atom stereocenters. The molecule has 0 unspecified atom stereocenters. The first-order chi connectivity index (χ1) is 9.63. The van der Waals surface area contributed by atoms with Crippen molar-refractivity contribution in [1.82, 2.24) is 0 Å². The first kappa shape index (κ1) is 14.7. The number of phenols is 1. The fraction of sp³-hybridized carbons (Fsp3) is 0.312. The van der Waals surface area contributed by atoms with Crippen LogP contribution in [0.2, 0.25) is 0 Å². The van der Waals surface area contributed by atoms with E-state index in [0.29, 0.717) is 0 Å². The fourth-order valence-corrected chi connectivity index (χ4v) is 3.43. The largest absolute Gasteiger partial charge is 0.507 e. The number of phenolic OH excluding ortho intramolecular Hbond substituents is 1. The number of esters is 1. The molecule has 106 valence electrons. The van der Waals surface area contributed by atoms with Crippen molar-refractivity contribution in [3.8, 4) is 5.75 Å². The maximum absolute atomic E-state index is 11.9. The molecule has 4 heteroatoms. The highest BCUT2D eigenvalue weighted by molar-refractivity contribution is 7.98. The van der Waals surface area contributed by atoms with Crippen molar-refractivity contribution in [1.29, 1.82) is 0 Å². The van der Waals surface area contributed by atoms with Crippen LogP contribution in [0.15, 0.2) is 35.3 Å². The van der Waals surface area contributed by atoms with Gasteiger partial charge in [0, 0.05) is 10.8 Å². The van der Waals surface area contributed by atoms with Crippen molar-refractivity contribution < 1.29 is 14.6 Å². The summed E-state index contributed by atoms with van der Waals surface area (Å²) in [6.07, 6.45) is 10.9. The lowest BCUT2D eigenvalue weighted by molar-refractivity contribution is 0.0593. The Hall–Kier alpha value is -1.68. The van der Waals surface area contributed by atoms with Crippen LogP contribution in [0.4, 0.5) is 0 Å². The highest BCUT2D eigenvalue weighted by Gasteiger charge is 2.24. The Kier molecular flexibility index (Phi) is 4.55. The summed E-state index contributed by atoms with van der Waals surface area (Å²) in [5.74, 6) is -0.346. The molecule has 0 amide bonds. The van der Waals surface area contributed by atoms with Gasteiger partial charge in [0.15, 0.2) is 0 Å². The molecule has 0 saturated heterocycles. The van der Waals surface area contributed by atoms with Crippen LogP contribution in [0.1, 0.15) is 34.3 Å². The van der Waals surface area contributed by atoms with Crippen LogP contribution in [-0.2, 0) is 11.2 Å². The second kappa shape index (κ2) is 6.18. The predicted octanol–water partition coefficient (Wildman–Crippen LogP) is 3.67. The number of thioether (sulfide) groups is 1. The summed E-state index contributed by atoms with van der Waals surface area (Å²) in [6.45, 7) is 2.05. The van der Waals surface area contributed by atoms with Crippen molar-refractivity contribution >= 4 is 17.7 Å². The molecule has 0 heterocycles. The molecule has 0 aliphatic heterocycles. The van der Waals surface area contributed by atoms with Crippen molar-refractivity contribution in [2.75, 3.05) is 13.4 Å². The average Bonchev–Trinajstić information content (AvgIpc) is 2.99. The molecule has 1 N–H and O–H groups in total. The van der Waals surface area contributed by atoms with E-state index < -0.39 is 5.97 Å². The number of benzene rings is 1. The maximum Gasteiger partial charge on any atom is 0.342 e. The van der Waals surface area contributed by atoms with E-state index in [9.17, 15) is 9.90 Å². The number of rotatable bonds is 4. The lowest BCUT2D eigenvalue weighted by Crippen LogP contribution is -2.09. The number of allylic oxidation sites excluding steroid dienone is 4. The summed E-state index contributed by atoms with van der Waals surface area (Å²) >= 11 is 1.47. The molecule has 0 saturated carbocycles. The SMILES string of the molecule is CCc1c(C2C=CC=C2)cc(O)c(C(=O)OC)c1SC. The van der Waals surface area contributed by atoms with Gasteiger partial charge in [0.1, 0.15) is 11.3 Å². The van der Waals surface area contributed by atoms with Gasteiger partial charge in [0.05, 0.1) is 7.11 Å². The lowest BCUT2D eigenvalue weighted by Gasteiger charge is -2.19. The van der Waals surface area contributed by atoms with Gasteiger partial charge in [-0.05, 0) is 29.9 Å². The molecule has 20 heavy (non-hydrogen) atoms. The van der Waals surface area contributed by atoms with Crippen LogP contribution in [0, 0.1) is 0 Å². The maximum atomic E-state index is 11.9. The smallest absolute Gasteiger partial charge is 0.342 e. The van der Waals surface area contributed by atoms with Crippen LogP contribution < -0.4 is 0 Å². The first-order valence-electron chi connectivity index (χ1n) is 6.50. The van der Waals surface area contributed by atoms with Crippen molar-refractivity contribution in [3.05, 3.63) is 47.1 Å². The van der Waals surface area contributed by atoms with Crippen LogP contribution in [-0.4, -0.2) is 24.4 Å². The van der Waals surface area contributed by atoms with Gasteiger partial charge in [-0.25, -0.2) is 4.79 Å². The molecular weight excluding hydrogens is 272 g/mol.